The second-order valence-electron chi connectivity index (χ2n) is 9.20. The Kier molecular flexibility index (Phi) is 8.33. The van der Waals surface area contributed by atoms with Crippen molar-refractivity contribution in [3.8, 4) is 17.1 Å². The Morgan fingerprint density at radius 1 is 1.23 bits per heavy atom. The third-order valence-corrected chi connectivity index (χ3v) is 7.28. The summed E-state index contributed by atoms with van der Waals surface area (Å²) in [7, 11) is 1.59. The first-order valence-electron chi connectivity index (χ1n) is 12.7. The highest BCUT2D eigenvalue weighted by atomic mass is 32.1. The summed E-state index contributed by atoms with van der Waals surface area (Å²) in [6.07, 6.45) is 1.82. The van der Waals surface area contributed by atoms with Crippen LogP contribution in [0.25, 0.3) is 11.4 Å². The Morgan fingerprint density at radius 3 is 2.74 bits per heavy atom. The molecule has 0 bridgehead atoms. The molecule has 0 aliphatic carbocycles. The van der Waals surface area contributed by atoms with Crippen molar-refractivity contribution >= 4 is 23.2 Å². The van der Waals surface area contributed by atoms with Crippen LogP contribution in [-0.2, 0) is 27.4 Å². The molecule has 0 spiro atoms. The predicted molar refractivity (Wildman–Crippen MR) is 143 cm³/mol. The van der Waals surface area contributed by atoms with Crippen LogP contribution < -0.4 is 10.1 Å². The molecule has 12 heteroatoms. The molecule has 0 unspecified atom stereocenters. The van der Waals surface area contributed by atoms with E-state index in [4.69, 9.17) is 13.9 Å². The van der Waals surface area contributed by atoms with Crippen molar-refractivity contribution in [2.24, 2.45) is 0 Å². The van der Waals surface area contributed by atoms with Crippen molar-refractivity contribution in [1.82, 2.24) is 30.4 Å². The average molecular weight is 551 g/mol. The fourth-order valence-corrected chi connectivity index (χ4v) is 5.12. The van der Waals surface area contributed by atoms with Gasteiger partial charge in [-0.2, -0.15) is 4.80 Å². The minimum absolute atomic E-state index is 0.0369. The van der Waals surface area contributed by atoms with E-state index in [-0.39, 0.29) is 31.0 Å². The molecular formula is C27H30N6O5S. The van der Waals surface area contributed by atoms with Gasteiger partial charge in [0.15, 0.2) is 6.04 Å². The molecule has 2 amide bonds. The SMILES string of the molecule is COc1ccc(-c2nnn(CC(=O)N(Cc3cccs3)[C@@H](C(=O)NC[C@H]3CCCO3)c3ccc(C)o3)n2)cc1. The fraction of sp³-hybridized carbons (Fsp3) is 0.370. The van der Waals surface area contributed by atoms with E-state index in [9.17, 15) is 9.59 Å². The molecule has 1 saturated heterocycles. The van der Waals surface area contributed by atoms with Crippen molar-refractivity contribution in [1.29, 1.82) is 0 Å². The van der Waals surface area contributed by atoms with Crippen LogP contribution in [0.3, 0.4) is 0 Å². The van der Waals surface area contributed by atoms with Gasteiger partial charge in [0.2, 0.25) is 11.7 Å². The van der Waals surface area contributed by atoms with Crippen LogP contribution in [0.5, 0.6) is 5.75 Å². The lowest BCUT2D eigenvalue weighted by Crippen LogP contribution is -2.46. The van der Waals surface area contributed by atoms with Gasteiger partial charge in [-0.15, -0.1) is 21.5 Å². The van der Waals surface area contributed by atoms with Gasteiger partial charge < -0.3 is 24.1 Å². The number of methoxy groups -OCH3 is 1. The van der Waals surface area contributed by atoms with Gasteiger partial charge in [-0.05, 0) is 72.8 Å². The third kappa shape index (κ3) is 6.52. The second kappa shape index (κ2) is 12.2. The molecule has 5 rings (SSSR count). The van der Waals surface area contributed by atoms with E-state index in [0.29, 0.717) is 36.2 Å². The molecule has 3 aromatic heterocycles. The maximum Gasteiger partial charge on any atom is 0.250 e. The van der Waals surface area contributed by atoms with E-state index in [0.717, 1.165) is 23.3 Å². The van der Waals surface area contributed by atoms with Crippen LogP contribution in [-0.4, -0.2) is 63.3 Å². The summed E-state index contributed by atoms with van der Waals surface area (Å²) >= 11 is 1.51. The highest BCUT2D eigenvalue weighted by molar-refractivity contribution is 7.09. The molecule has 1 aliphatic heterocycles. The lowest BCUT2D eigenvalue weighted by Gasteiger charge is -2.29. The zero-order valence-electron chi connectivity index (χ0n) is 21.8. The molecule has 0 saturated carbocycles. The Balaban J connectivity index is 1.39. The van der Waals surface area contributed by atoms with Crippen molar-refractivity contribution in [3.63, 3.8) is 0 Å². The standard InChI is InChI=1S/C27H30N6O5S/c1-18-7-12-23(38-18)25(27(35)28-15-21-5-3-13-37-21)32(16-22-6-4-14-39-22)24(34)17-33-30-26(29-31-33)19-8-10-20(36-2)11-9-19/h4,6-12,14,21,25H,3,5,13,15-17H2,1-2H3,(H,28,35)/t21-,25-/m1/s1. The first kappa shape index (κ1) is 26.6. The van der Waals surface area contributed by atoms with Gasteiger partial charge in [0.1, 0.15) is 23.8 Å². The molecule has 1 N–H and O–H groups in total. The highest BCUT2D eigenvalue weighted by Crippen LogP contribution is 2.27. The Morgan fingerprint density at radius 2 is 2.08 bits per heavy atom. The number of aryl methyl sites for hydroxylation is 1. The number of nitrogens with zero attached hydrogens (tertiary/aromatic N) is 5. The van der Waals surface area contributed by atoms with E-state index in [1.807, 2.05) is 29.6 Å². The lowest BCUT2D eigenvalue weighted by atomic mass is 10.1. The molecule has 2 atom stereocenters. The molecular weight excluding hydrogens is 520 g/mol. The minimum atomic E-state index is -0.987. The highest BCUT2D eigenvalue weighted by Gasteiger charge is 2.35. The molecule has 204 valence electrons. The summed E-state index contributed by atoms with van der Waals surface area (Å²) in [6, 6.07) is 13.6. The van der Waals surface area contributed by atoms with Crippen LogP contribution in [0, 0.1) is 6.92 Å². The van der Waals surface area contributed by atoms with E-state index in [1.165, 1.54) is 21.0 Å². The van der Waals surface area contributed by atoms with Crippen LogP contribution in [0.2, 0.25) is 0 Å². The number of hydrogen-bond donors (Lipinski definition) is 1. The number of aromatic nitrogens is 4. The van der Waals surface area contributed by atoms with E-state index in [2.05, 4.69) is 20.7 Å². The molecule has 1 fully saturated rings. The summed E-state index contributed by atoms with van der Waals surface area (Å²) in [5.74, 6) is 1.43. The van der Waals surface area contributed by atoms with Gasteiger partial charge >= 0.3 is 0 Å². The number of carbonyl (C=O) groups is 2. The van der Waals surface area contributed by atoms with Gasteiger partial charge in [-0.3, -0.25) is 9.59 Å². The monoisotopic (exact) mass is 550 g/mol. The van der Waals surface area contributed by atoms with Crippen molar-refractivity contribution in [3.05, 3.63) is 70.3 Å². The van der Waals surface area contributed by atoms with Crippen LogP contribution in [0.1, 0.15) is 35.3 Å². The number of benzene rings is 1. The number of nitrogens with one attached hydrogen (secondary N) is 1. The van der Waals surface area contributed by atoms with Crippen molar-refractivity contribution in [2.75, 3.05) is 20.3 Å². The Bertz CT molecular complexity index is 1380. The van der Waals surface area contributed by atoms with Gasteiger partial charge in [0.25, 0.3) is 5.91 Å². The lowest BCUT2D eigenvalue weighted by molar-refractivity contribution is -0.143. The number of ether oxygens (including phenoxy) is 2. The van der Waals surface area contributed by atoms with Crippen LogP contribution in [0.15, 0.2) is 58.3 Å². The smallest absolute Gasteiger partial charge is 0.250 e. The number of tetrazole rings is 1. The quantitative estimate of drug-likeness (QED) is 0.301. The second-order valence-corrected chi connectivity index (χ2v) is 10.2. The fourth-order valence-electron chi connectivity index (χ4n) is 4.41. The van der Waals surface area contributed by atoms with Crippen LogP contribution in [0.4, 0.5) is 0 Å². The summed E-state index contributed by atoms with van der Waals surface area (Å²) < 4.78 is 16.7. The number of carbonyl (C=O) groups excluding carboxylic acids is 2. The average Bonchev–Trinajstić information content (AvgIpc) is 3.76. The Labute approximate surface area is 229 Å². The molecule has 1 aromatic carbocycles. The molecule has 0 radical (unpaired) electrons. The number of amides is 2. The topological polar surface area (TPSA) is 125 Å². The maximum atomic E-state index is 13.8. The zero-order chi connectivity index (χ0) is 27.2. The largest absolute Gasteiger partial charge is 0.497 e. The summed E-state index contributed by atoms with van der Waals surface area (Å²) in [5, 5.41) is 17.5. The number of thiophene rings is 1. The molecule has 39 heavy (non-hydrogen) atoms. The predicted octanol–water partition coefficient (Wildman–Crippen LogP) is 3.38. The van der Waals surface area contributed by atoms with E-state index >= 15 is 0 Å². The van der Waals surface area contributed by atoms with Gasteiger partial charge in [0.05, 0.1) is 19.8 Å². The number of furan rings is 1. The van der Waals surface area contributed by atoms with Crippen LogP contribution >= 0.6 is 11.3 Å². The Hall–Kier alpha value is -4.03. The molecule has 1 aliphatic rings. The van der Waals surface area contributed by atoms with Crippen molar-refractivity contribution < 1.29 is 23.5 Å². The van der Waals surface area contributed by atoms with E-state index < -0.39 is 6.04 Å². The zero-order valence-corrected chi connectivity index (χ0v) is 22.6. The minimum Gasteiger partial charge on any atom is -0.497 e. The first-order chi connectivity index (χ1) is 19.0. The summed E-state index contributed by atoms with van der Waals surface area (Å²) in [4.78, 5) is 31.1. The van der Waals surface area contributed by atoms with E-state index in [1.54, 1.807) is 38.3 Å². The molecule has 4 heterocycles. The van der Waals surface area contributed by atoms with Crippen molar-refractivity contribution in [2.45, 2.75) is 45.0 Å². The summed E-state index contributed by atoms with van der Waals surface area (Å²) in [6.45, 7) is 2.87. The summed E-state index contributed by atoms with van der Waals surface area (Å²) in [5.41, 5.74) is 0.738. The van der Waals surface area contributed by atoms with Gasteiger partial charge in [-0.1, -0.05) is 6.07 Å². The van der Waals surface area contributed by atoms with Gasteiger partial charge in [-0.25, -0.2) is 0 Å². The molecule has 4 aromatic rings. The van der Waals surface area contributed by atoms with Gasteiger partial charge in [0, 0.05) is 23.6 Å². The number of hydrogen-bond acceptors (Lipinski definition) is 9. The normalized spacial score (nSPS) is 15.7. The maximum absolute atomic E-state index is 13.8. The first-order valence-corrected chi connectivity index (χ1v) is 13.6. The molecule has 11 nitrogen and oxygen atoms in total. The number of rotatable bonds is 11. The third-order valence-electron chi connectivity index (χ3n) is 6.42.